The van der Waals surface area contributed by atoms with E-state index in [1.807, 2.05) is 31.2 Å². The van der Waals surface area contributed by atoms with Gasteiger partial charge in [0, 0.05) is 39.0 Å². The minimum absolute atomic E-state index is 0.0180. The zero-order chi connectivity index (χ0) is 16.8. The first-order valence-electron chi connectivity index (χ1n) is 7.78. The van der Waals surface area contributed by atoms with Crippen molar-refractivity contribution in [2.24, 2.45) is 0 Å². The highest BCUT2D eigenvalue weighted by molar-refractivity contribution is 6.40. The van der Waals surface area contributed by atoms with E-state index in [4.69, 9.17) is 9.47 Å². The van der Waals surface area contributed by atoms with E-state index < -0.39 is 11.8 Å². The summed E-state index contributed by atoms with van der Waals surface area (Å²) in [5, 5.41) is 0. The Labute approximate surface area is 137 Å². The van der Waals surface area contributed by atoms with Crippen molar-refractivity contribution >= 4 is 17.5 Å². The zero-order valence-corrected chi connectivity index (χ0v) is 13.9. The van der Waals surface area contributed by atoms with Crippen LogP contribution in [0.25, 0.3) is 0 Å². The largest absolute Gasteiger partial charge is 0.383 e. The second-order valence-electron chi connectivity index (χ2n) is 5.63. The Morgan fingerprint density at radius 3 is 2.39 bits per heavy atom. The normalized spacial score (nSPS) is 16.3. The molecule has 1 heterocycles. The molecule has 1 atom stereocenters. The summed E-state index contributed by atoms with van der Waals surface area (Å²) in [5.41, 5.74) is 1.93. The fourth-order valence-electron chi connectivity index (χ4n) is 2.83. The van der Waals surface area contributed by atoms with Gasteiger partial charge in [-0.25, -0.2) is 0 Å². The van der Waals surface area contributed by atoms with Crippen LogP contribution >= 0.6 is 0 Å². The molecule has 0 fully saturated rings. The number of methoxy groups -OCH3 is 2. The second kappa shape index (κ2) is 8.08. The predicted molar refractivity (Wildman–Crippen MR) is 87.4 cm³/mol. The van der Waals surface area contributed by atoms with Crippen molar-refractivity contribution < 1.29 is 19.1 Å². The van der Waals surface area contributed by atoms with Crippen LogP contribution in [0.1, 0.15) is 12.5 Å². The van der Waals surface area contributed by atoms with Crippen molar-refractivity contribution in [3.63, 3.8) is 0 Å². The molecule has 0 bridgehead atoms. The van der Waals surface area contributed by atoms with Gasteiger partial charge in [0.15, 0.2) is 0 Å². The number of amides is 2. The molecule has 0 radical (unpaired) electrons. The van der Waals surface area contributed by atoms with Crippen molar-refractivity contribution in [1.29, 1.82) is 0 Å². The number of ether oxygens (including phenoxy) is 2. The minimum Gasteiger partial charge on any atom is -0.383 e. The van der Waals surface area contributed by atoms with Crippen molar-refractivity contribution in [2.75, 3.05) is 45.4 Å². The third-order valence-electron chi connectivity index (χ3n) is 4.03. The maximum atomic E-state index is 12.7. The fraction of sp³-hybridized carbons (Fsp3) is 0.529. The molecule has 0 aromatic heterocycles. The first-order chi connectivity index (χ1) is 11.1. The number of hydrogen-bond donors (Lipinski definition) is 0. The van der Waals surface area contributed by atoms with E-state index in [1.165, 1.54) is 4.90 Å². The van der Waals surface area contributed by atoms with E-state index in [0.717, 1.165) is 17.7 Å². The molecule has 1 aliphatic heterocycles. The molecule has 0 aliphatic carbocycles. The number of benzene rings is 1. The molecule has 1 aromatic carbocycles. The lowest BCUT2D eigenvalue weighted by Crippen LogP contribution is -2.49. The van der Waals surface area contributed by atoms with Gasteiger partial charge >= 0.3 is 11.8 Å². The molecule has 0 spiro atoms. The van der Waals surface area contributed by atoms with E-state index in [-0.39, 0.29) is 6.04 Å². The van der Waals surface area contributed by atoms with Crippen molar-refractivity contribution in [3.8, 4) is 0 Å². The van der Waals surface area contributed by atoms with Crippen LogP contribution in [0.2, 0.25) is 0 Å². The Kier molecular flexibility index (Phi) is 6.12. The molecule has 1 unspecified atom stereocenters. The number of fused-ring (bicyclic) bond motifs is 1. The van der Waals surface area contributed by atoms with Crippen LogP contribution in [0.4, 0.5) is 5.69 Å². The average molecular weight is 320 g/mol. The number of anilines is 1. The van der Waals surface area contributed by atoms with Gasteiger partial charge in [-0.1, -0.05) is 18.2 Å². The molecule has 126 valence electrons. The molecule has 0 saturated carbocycles. The lowest BCUT2D eigenvalue weighted by Gasteiger charge is -2.27. The highest BCUT2D eigenvalue weighted by atomic mass is 16.5. The van der Waals surface area contributed by atoms with Gasteiger partial charge in [0.2, 0.25) is 0 Å². The predicted octanol–water partition coefficient (Wildman–Crippen LogP) is 1.09. The molecule has 1 aromatic rings. The molecule has 0 N–H and O–H groups in total. The van der Waals surface area contributed by atoms with Crippen LogP contribution in [-0.2, 0) is 25.5 Å². The summed E-state index contributed by atoms with van der Waals surface area (Å²) < 4.78 is 10.1. The third kappa shape index (κ3) is 3.89. The Morgan fingerprint density at radius 1 is 1.17 bits per heavy atom. The summed E-state index contributed by atoms with van der Waals surface area (Å²) in [6.07, 6.45) is 0.769. The average Bonchev–Trinajstić information content (AvgIpc) is 2.89. The van der Waals surface area contributed by atoms with Crippen LogP contribution in [0.15, 0.2) is 24.3 Å². The molecular weight excluding hydrogens is 296 g/mol. The number of para-hydroxylation sites is 1. The molecule has 23 heavy (non-hydrogen) atoms. The van der Waals surface area contributed by atoms with Gasteiger partial charge < -0.3 is 19.3 Å². The summed E-state index contributed by atoms with van der Waals surface area (Å²) >= 11 is 0. The van der Waals surface area contributed by atoms with E-state index in [2.05, 4.69) is 0 Å². The summed E-state index contributed by atoms with van der Waals surface area (Å²) in [6.45, 7) is 3.46. The quantitative estimate of drug-likeness (QED) is 0.736. The van der Waals surface area contributed by atoms with Crippen LogP contribution < -0.4 is 4.90 Å². The van der Waals surface area contributed by atoms with Gasteiger partial charge in [0.25, 0.3) is 0 Å². The van der Waals surface area contributed by atoms with E-state index in [1.54, 1.807) is 19.1 Å². The second-order valence-corrected chi connectivity index (χ2v) is 5.63. The van der Waals surface area contributed by atoms with E-state index in [0.29, 0.717) is 26.3 Å². The topological polar surface area (TPSA) is 59.1 Å². The molecule has 2 amide bonds. The molecule has 6 heteroatoms. The van der Waals surface area contributed by atoms with Gasteiger partial charge in [0.05, 0.1) is 13.2 Å². The Morgan fingerprint density at radius 2 is 1.78 bits per heavy atom. The number of hydrogen-bond acceptors (Lipinski definition) is 4. The van der Waals surface area contributed by atoms with Crippen LogP contribution in [0, 0.1) is 0 Å². The van der Waals surface area contributed by atoms with Gasteiger partial charge in [-0.3, -0.25) is 9.59 Å². The van der Waals surface area contributed by atoms with Gasteiger partial charge in [-0.2, -0.15) is 0 Å². The summed E-state index contributed by atoms with van der Waals surface area (Å²) in [6, 6.07) is 7.70. The maximum Gasteiger partial charge on any atom is 0.316 e. The van der Waals surface area contributed by atoms with Crippen LogP contribution in [-0.4, -0.2) is 63.3 Å². The maximum absolute atomic E-state index is 12.7. The SMILES string of the molecule is COCCN(CCOC)C(=O)C(=O)N1c2ccccc2CC1C. The molecule has 0 saturated heterocycles. The van der Waals surface area contributed by atoms with Crippen molar-refractivity contribution in [3.05, 3.63) is 29.8 Å². The molecule has 6 nitrogen and oxygen atoms in total. The fourth-order valence-corrected chi connectivity index (χ4v) is 2.83. The zero-order valence-electron chi connectivity index (χ0n) is 13.9. The molecule has 1 aliphatic rings. The van der Waals surface area contributed by atoms with E-state index in [9.17, 15) is 9.59 Å². The number of rotatable bonds is 6. The van der Waals surface area contributed by atoms with E-state index >= 15 is 0 Å². The third-order valence-corrected chi connectivity index (χ3v) is 4.03. The highest BCUT2D eigenvalue weighted by Crippen LogP contribution is 2.31. The summed E-state index contributed by atoms with van der Waals surface area (Å²) in [7, 11) is 3.14. The van der Waals surface area contributed by atoms with Crippen molar-refractivity contribution in [2.45, 2.75) is 19.4 Å². The van der Waals surface area contributed by atoms with Gasteiger partial charge in [-0.15, -0.1) is 0 Å². The Hall–Kier alpha value is -1.92. The standard InChI is InChI=1S/C17H24N2O4/c1-13-12-14-6-4-5-7-15(14)19(13)17(21)16(20)18(8-10-22-2)9-11-23-3/h4-7,13H,8-12H2,1-3H3. The smallest absolute Gasteiger partial charge is 0.316 e. The number of carbonyl (C=O) groups is 2. The van der Waals surface area contributed by atoms with Gasteiger partial charge in [-0.05, 0) is 25.0 Å². The number of carbonyl (C=O) groups excluding carboxylic acids is 2. The lowest BCUT2D eigenvalue weighted by molar-refractivity contribution is -0.145. The summed E-state index contributed by atoms with van der Waals surface area (Å²) in [4.78, 5) is 28.5. The lowest BCUT2D eigenvalue weighted by atomic mass is 10.1. The van der Waals surface area contributed by atoms with Crippen LogP contribution in [0.5, 0.6) is 0 Å². The molecule has 2 rings (SSSR count). The summed E-state index contributed by atoms with van der Waals surface area (Å²) in [5.74, 6) is -1.00. The van der Waals surface area contributed by atoms with Crippen LogP contribution in [0.3, 0.4) is 0 Å². The molecular formula is C17H24N2O4. The first-order valence-corrected chi connectivity index (χ1v) is 7.78. The minimum atomic E-state index is -0.511. The monoisotopic (exact) mass is 320 g/mol. The van der Waals surface area contributed by atoms with Gasteiger partial charge in [0.1, 0.15) is 0 Å². The first kappa shape index (κ1) is 17.4. The number of nitrogens with zero attached hydrogens (tertiary/aromatic N) is 2. The van der Waals surface area contributed by atoms with Crippen molar-refractivity contribution in [1.82, 2.24) is 4.90 Å². The highest BCUT2D eigenvalue weighted by Gasteiger charge is 2.35. The Bertz CT molecular complexity index is 553. The Balaban J connectivity index is 2.15.